The van der Waals surface area contributed by atoms with Gasteiger partial charge in [-0.1, -0.05) is 17.3 Å². The number of benzene rings is 1. The summed E-state index contributed by atoms with van der Waals surface area (Å²) in [6, 6.07) is 7.19. The Morgan fingerprint density at radius 3 is 3.11 bits per heavy atom. The molecule has 1 aromatic carbocycles. The van der Waals surface area contributed by atoms with Crippen LogP contribution in [0.25, 0.3) is 10.9 Å². The third-order valence-electron chi connectivity index (χ3n) is 2.95. The van der Waals surface area contributed by atoms with Gasteiger partial charge in [0.25, 0.3) is 5.91 Å². The van der Waals surface area contributed by atoms with Crippen LogP contribution in [0.4, 0.5) is 0 Å². The molecule has 0 aliphatic heterocycles. The van der Waals surface area contributed by atoms with Crippen molar-refractivity contribution in [3.8, 4) is 0 Å². The van der Waals surface area contributed by atoms with E-state index in [0.29, 0.717) is 11.4 Å². The van der Waals surface area contributed by atoms with Gasteiger partial charge in [-0.25, -0.2) is 0 Å². The third-order valence-corrected chi connectivity index (χ3v) is 2.95. The zero-order valence-electron chi connectivity index (χ0n) is 10.3. The summed E-state index contributed by atoms with van der Waals surface area (Å²) in [5.41, 5.74) is 1.41. The Balaban J connectivity index is 1.86. The molecule has 6 heteroatoms. The topological polar surface area (TPSA) is 83.8 Å². The molecular weight excluding hydrogens is 244 g/mol. The van der Waals surface area contributed by atoms with Gasteiger partial charge in [-0.2, -0.15) is 4.98 Å². The van der Waals surface area contributed by atoms with E-state index in [1.165, 1.54) is 6.39 Å². The quantitative estimate of drug-likeness (QED) is 0.751. The smallest absolute Gasteiger partial charge is 0.253 e. The number of para-hydroxylation sites is 1. The van der Waals surface area contributed by atoms with Crippen LogP contribution in [0.15, 0.2) is 41.4 Å². The lowest BCUT2D eigenvalue weighted by molar-refractivity contribution is 0.0939. The molecule has 96 valence electrons. The third kappa shape index (κ3) is 2.08. The second-order valence-electron chi connectivity index (χ2n) is 4.23. The lowest BCUT2D eigenvalue weighted by atomic mass is 10.1. The van der Waals surface area contributed by atoms with Crippen molar-refractivity contribution in [3.63, 3.8) is 0 Å². The summed E-state index contributed by atoms with van der Waals surface area (Å²) in [6.07, 6.45) is 3.05. The molecule has 3 rings (SSSR count). The van der Waals surface area contributed by atoms with E-state index in [4.69, 9.17) is 0 Å². The van der Waals surface area contributed by atoms with E-state index in [0.717, 1.165) is 10.9 Å². The van der Waals surface area contributed by atoms with Gasteiger partial charge in [0.15, 0.2) is 5.82 Å². The minimum absolute atomic E-state index is 0.176. The van der Waals surface area contributed by atoms with Crippen LogP contribution in [0.3, 0.4) is 0 Å². The Morgan fingerprint density at radius 1 is 1.42 bits per heavy atom. The van der Waals surface area contributed by atoms with Gasteiger partial charge in [0.2, 0.25) is 6.39 Å². The predicted molar refractivity (Wildman–Crippen MR) is 68.5 cm³/mol. The predicted octanol–water partition coefficient (Wildman–Crippen LogP) is 2.04. The van der Waals surface area contributed by atoms with Gasteiger partial charge < -0.3 is 14.8 Å². The fourth-order valence-corrected chi connectivity index (χ4v) is 1.98. The van der Waals surface area contributed by atoms with Crippen molar-refractivity contribution in [2.24, 2.45) is 0 Å². The summed E-state index contributed by atoms with van der Waals surface area (Å²) in [5.74, 6) is 0.275. The Morgan fingerprint density at radius 2 is 2.32 bits per heavy atom. The van der Waals surface area contributed by atoms with E-state index in [9.17, 15) is 4.79 Å². The lowest BCUT2D eigenvalue weighted by Crippen LogP contribution is -2.27. The van der Waals surface area contributed by atoms with Crippen LogP contribution >= 0.6 is 0 Å². The van der Waals surface area contributed by atoms with E-state index in [1.807, 2.05) is 24.4 Å². The number of nitrogens with one attached hydrogen (secondary N) is 2. The molecule has 1 amide bonds. The monoisotopic (exact) mass is 256 g/mol. The normalized spacial score (nSPS) is 12.5. The van der Waals surface area contributed by atoms with Crippen LogP contribution in [-0.4, -0.2) is 21.0 Å². The highest BCUT2D eigenvalue weighted by atomic mass is 16.5. The molecule has 0 unspecified atom stereocenters. The van der Waals surface area contributed by atoms with E-state index in [1.54, 1.807) is 13.0 Å². The van der Waals surface area contributed by atoms with Gasteiger partial charge in [0.05, 0.1) is 17.1 Å². The maximum atomic E-state index is 12.2. The minimum Gasteiger partial charge on any atom is -0.361 e. The van der Waals surface area contributed by atoms with Crippen LogP contribution in [0.5, 0.6) is 0 Å². The molecule has 2 heterocycles. The Hall–Kier alpha value is -2.63. The van der Waals surface area contributed by atoms with Crippen LogP contribution in [0.1, 0.15) is 29.1 Å². The first kappa shape index (κ1) is 11.5. The number of hydrogen-bond donors (Lipinski definition) is 2. The van der Waals surface area contributed by atoms with Crippen LogP contribution in [0.2, 0.25) is 0 Å². The molecule has 2 N–H and O–H groups in total. The highest BCUT2D eigenvalue weighted by Crippen LogP contribution is 2.17. The number of fused-ring (bicyclic) bond motifs is 1. The van der Waals surface area contributed by atoms with E-state index in [2.05, 4.69) is 25.0 Å². The number of aromatic nitrogens is 3. The largest absolute Gasteiger partial charge is 0.361 e. The Bertz CT molecular complexity index is 702. The number of rotatable bonds is 3. The molecule has 0 fully saturated rings. The molecule has 1 atom stereocenters. The summed E-state index contributed by atoms with van der Waals surface area (Å²) in [7, 11) is 0. The maximum Gasteiger partial charge on any atom is 0.253 e. The highest BCUT2D eigenvalue weighted by molar-refractivity contribution is 6.05. The second kappa shape index (κ2) is 4.56. The lowest BCUT2D eigenvalue weighted by Gasteiger charge is -2.10. The van der Waals surface area contributed by atoms with Gasteiger partial charge in [-0.3, -0.25) is 4.79 Å². The first-order valence-corrected chi connectivity index (χ1v) is 5.89. The van der Waals surface area contributed by atoms with Crippen molar-refractivity contribution >= 4 is 16.8 Å². The van der Waals surface area contributed by atoms with Gasteiger partial charge in [0.1, 0.15) is 0 Å². The molecule has 19 heavy (non-hydrogen) atoms. The number of H-pyrrole nitrogens is 1. The average Bonchev–Trinajstić information content (AvgIpc) is 3.08. The summed E-state index contributed by atoms with van der Waals surface area (Å²) in [4.78, 5) is 19.2. The first-order valence-electron chi connectivity index (χ1n) is 5.89. The van der Waals surface area contributed by atoms with E-state index < -0.39 is 0 Å². The number of amides is 1. The van der Waals surface area contributed by atoms with Crippen molar-refractivity contribution in [3.05, 3.63) is 48.2 Å². The molecule has 2 aromatic heterocycles. The molecule has 0 bridgehead atoms. The molecule has 3 aromatic rings. The zero-order valence-corrected chi connectivity index (χ0v) is 10.3. The van der Waals surface area contributed by atoms with Gasteiger partial charge in [-0.05, 0) is 19.1 Å². The molecule has 6 nitrogen and oxygen atoms in total. The first-order chi connectivity index (χ1) is 9.25. The number of nitrogens with zero attached hydrogens (tertiary/aromatic N) is 2. The van der Waals surface area contributed by atoms with Crippen LogP contribution < -0.4 is 5.32 Å². The SMILES string of the molecule is C[C@@H](NC(=O)c1cccc2cc[nH]c12)c1ncon1. The van der Waals surface area contributed by atoms with Gasteiger partial charge in [-0.15, -0.1) is 0 Å². The number of hydrogen-bond acceptors (Lipinski definition) is 4. The summed E-state index contributed by atoms with van der Waals surface area (Å²) < 4.78 is 4.66. The number of carbonyl (C=O) groups is 1. The van der Waals surface area contributed by atoms with Crippen molar-refractivity contribution < 1.29 is 9.32 Å². The molecule has 0 saturated heterocycles. The van der Waals surface area contributed by atoms with Crippen molar-refractivity contribution in [1.29, 1.82) is 0 Å². The Labute approximate surface area is 108 Å². The number of aromatic amines is 1. The molecule has 0 aliphatic rings. The van der Waals surface area contributed by atoms with Crippen molar-refractivity contribution in [1.82, 2.24) is 20.4 Å². The molecule has 0 aliphatic carbocycles. The van der Waals surface area contributed by atoms with Crippen molar-refractivity contribution in [2.45, 2.75) is 13.0 Å². The Kier molecular flexibility index (Phi) is 2.75. The van der Waals surface area contributed by atoms with E-state index in [-0.39, 0.29) is 11.9 Å². The minimum atomic E-state index is -0.309. The number of carbonyl (C=O) groups excluding carboxylic acids is 1. The highest BCUT2D eigenvalue weighted by Gasteiger charge is 2.16. The van der Waals surface area contributed by atoms with Crippen molar-refractivity contribution in [2.75, 3.05) is 0 Å². The van der Waals surface area contributed by atoms with E-state index >= 15 is 0 Å². The maximum absolute atomic E-state index is 12.2. The molecular formula is C13H12N4O2. The van der Waals surface area contributed by atoms with Gasteiger partial charge in [0, 0.05) is 11.6 Å². The van der Waals surface area contributed by atoms with Crippen LogP contribution in [-0.2, 0) is 0 Å². The second-order valence-corrected chi connectivity index (χ2v) is 4.23. The standard InChI is InChI=1S/C13H12N4O2/c1-8(12-15-7-19-17-12)16-13(18)10-4-2-3-9-5-6-14-11(9)10/h2-8,14H,1H3,(H,16,18)/t8-/m1/s1. The summed E-state index contributed by atoms with van der Waals surface area (Å²) in [6.45, 7) is 1.80. The fourth-order valence-electron chi connectivity index (χ4n) is 1.98. The molecule has 0 radical (unpaired) electrons. The summed E-state index contributed by atoms with van der Waals surface area (Å²) >= 11 is 0. The van der Waals surface area contributed by atoms with Crippen LogP contribution in [0, 0.1) is 0 Å². The zero-order chi connectivity index (χ0) is 13.2. The average molecular weight is 256 g/mol. The summed E-state index contributed by atoms with van der Waals surface area (Å²) in [5, 5.41) is 7.54. The fraction of sp³-hybridized carbons (Fsp3) is 0.154. The van der Waals surface area contributed by atoms with Gasteiger partial charge >= 0.3 is 0 Å². The molecule has 0 spiro atoms. The molecule has 0 saturated carbocycles.